The van der Waals surface area contributed by atoms with E-state index in [0.717, 1.165) is 11.0 Å². The third-order valence-electron chi connectivity index (χ3n) is 3.69. The Kier molecular flexibility index (Phi) is 2.43. The Morgan fingerprint density at radius 2 is 2.12 bits per heavy atom. The zero-order valence-electron chi connectivity index (χ0n) is 9.86. The molecule has 1 aliphatic heterocycles. The zero-order chi connectivity index (χ0) is 12.0. The van der Waals surface area contributed by atoms with Crippen LogP contribution in [0.25, 0.3) is 0 Å². The Morgan fingerprint density at radius 1 is 1.41 bits per heavy atom. The number of benzene rings is 1. The Morgan fingerprint density at radius 3 is 2.76 bits per heavy atom. The summed E-state index contributed by atoms with van der Waals surface area (Å²) in [5, 5.41) is 0. The quantitative estimate of drug-likeness (QED) is 0.910. The van der Waals surface area contributed by atoms with Crippen molar-refractivity contribution in [1.82, 2.24) is 4.90 Å². The molecule has 1 saturated carbocycles. The summed E-state index contributed by atoms with van der Waals surface area (Å²) >= 11 is 3.64. The van der Waals surface area contributed by atoms with Gasteiger partial charge in [0.25, 0.3) is 0 Å². The average Bonchev–Trinajstić information content (AvgIpc) is 3.07. The minimum Gasteiger partial charge on any atom is -0.370 e. The fourth-order valence-electron chi connectivity index (χ4n) is 2.68. The lowest BCUT2D eigenvalue weighted by molar-refractivity contribution is 0.215. The summed E-state index contributed by atoms with van der Waals surface area (Å²) in [5.74, 6) is 0.700. The van der Waals surface area contributed by atoms with Gasteiger partial charge in [-0.2, -0.15) is 0 Å². The van der Waals surface area contributed by atoms with E-state index in [1.807, 2.05) is 6.07 Å². The van der Waals surface area contributed by atoms with Gasteiger partial charge < -0.3 is 10.6 Å². The number of guanidine groups is 1. The van der Waals surface area contributed by atoms with E-state index >= 15 is 0 Å². The number of nitrogens with two attached hydrogens (primary N) is 1. The van der Waals surface area contributed by atoms with E-state index in [1.165, 1.54) is 18.4 Å². The molecule has 1 aliphatic carbocycles. The van der Waals surface area contributed by atoms with E-state index < -0.39 is 0 Å². The fourth-order valence-corrected chi connectivity index (χ4v) is 3.39. The molecule has 17 heavy (non-hydrogen) atoms. The first-order valence-corrected chi connectivity index (χ1v) is 6.76. The van der Waals surface area contributed by atoms with E-state index in [1.54, 1.807) is 0 Å². The maximum absolute atomic E-state index is 6.04. The van der Waals surface area contributed by atoms with E-state index in [4.69, 9.17) is 5.73 Å². The average molecular weight is 294 g/mol. The van der Waals surface area contributed by atoms with Gasteiger partial charge in [-0.3, -0.25) is 4.99 Å². The van der Waals surface area contributed by atoms with Crippen LogP contribution in [0.1, 0.15) is 25.3 Å². The van der Waals surface area contributed by atoms with Crippen molar-refractivity contribution in [3.05, 3.63) is 34.3 Å². The number of hydrogen-bond acceptors (Lipinski definition) is 3. The van der Waals surface area contributed by atoms with Crippen LogP contribution in [0, 0.1) is 0 Å². The van der Waals surface area contributed by atoms with Gasteiger partial charge in [0.15, 0.2) is 5.96 Å². The molecule has 0 aromatic heterocycles. The molecule has 4 heteroatoms. The first-order valence-electron chi connectivity index (χ1n) is 5.97. The molecule has 0 radical (unpaired) electrons. The standard InChI is InChI=1S/C13H16BrN3/c1-13(10-4-2-3-5-11(10)14)8-16-12(15)17(13)9-6-7-9/h2-5,9H,6-8H2,1H3,(H2,15,16). The van der Waals surface area contributed by atoms with Gasteiger partial charge in [-0.25, -0.2) is 0 Å². The van der Waals surface area contributed by atoms with E-state index in [2.05, 4.69) is 50.9 Å². The predicted octanol–water partition coefficient (Wildman–Crippen LogP) is 2.46. The molecule has 3 nitrogen and oxygen atoms in total. The smallest absolute Gasteiger partial charge is 0.192 e. The molecule has 3 rings (SSSR count). The van der Waals surface area contributed by atoms with Crippen LogP contribution >= 0.6 is 15.9 Å². The van der Waals surface area contributed by atoms with Crippen molar-refractivity contribution < 1.29 is 0 Å². The third-order valence-corrected chi connectivity index (χ3v) is 4.39. The van der Waals surface area contributed by atoms with Crippen LogP contribution in [-0.4, -0.2) is 23.4 Å². The Bertz CT molecular complexity index is 481. The third kappa shape index (κ3) is 1.66. The maximum Gasteiger partial charge on any atom is 0.192 e. The first-order chi connectivity index (χ1) is 8.13. The van der Waals surface area contributed by atoms with Crippen LogP contribution in [0.3, 0.4) is 0 Å². The Balaban J connectivity index is 2.04. The van der Waals surface area contributed by atoms with Gasteiger partial charge in [-0.1, -0.05) is 34.1 Å². The van der Waals surface area contributed by atoms with Gasteiger partial charge in [0, 0.05) is 10.5 Å². The fraction of sp³-hybridized carbons (Fsp3) is 0.462. The number of aliphatic imine (C=N–C) groups is 1. The van der Waals surface area contributed by atoms with Crippen molar-refractivity contribution >= 4 is 21.9 Å². The Hall–Kier alpha value is -1.03. The monoisotopic (exact) mass is 293 g/mol. The lowest BCUT2D eigenvalue weighted by atomic mass is 9.91. The second-order valence-electron chi connectivity index (χ2n) is 5.03. The Labute approximate surface area is 110 Å². The topological polar surface area (TPSA) is 41.6 Å². The lowest BCUT2D eigenvalue weighted by Gasteiger charge is -2.37. The van der Waals surface area contributed by atoms with Crippen LogP contribution in [0.2, 0.25) is 0 Å². The number of hydrogen-bond donors (Lipinski definition) is 1. The molecule has 1 fully saturated rings. The molecule has 0 saturated heterocycles. The minimum absolute atomic E-state index is 0.0919. The van der Waals surface area contributed by atoms with Gasteiger partial charge in [0.2, 0.25) is 0 Å². The molecule has 90 valence electrons. The lowest BCUT2D eigenvalue weighted by Crippen LogP contribution is -2.48. The summed E-state index contributed by atoms with van der Waals surface area (Å²) in [7, 11) is 0. The largest absolute Gasteiger partial charge is 0.370 e. The molecule has 2 N–H and O–H groups in total. The second kappa shape index (κ2) is 3.73. The van der Waals surface area contributed by atoms with Crippen LogP contribution in [-0.2, 0) is 5.54 Å². The van der Waals surface area contributed by atoms with Crippen molar-refractivity contribution in [2.45, 2.75) is 31.3 Å². The summed E-state index contributed by atoms with van der Waals surface area (Å²) in [4.78, 5) is 6.75. The predicted molar refractivity (Wildman–Crippen MR) is 72.8 cm³/mol. The van der Waals surface area contributed by atoms with Crippen molar-refractivity contribution in [3.8, 4) is 0 Å². The molecular formula is C13H16BrN3. The van der Waals surface area contributed by atoms with Crippen LogP contribution < -0.4 is 5.73 Å². The van der Waals surface area contributed by atoms with Crippen LogP contribution in [0.5, 0.6) is 0 Å². The van der Waals surface area contributed by atoms with Crippen molar-refractivity contribution in [3.63, 3.8) is 0 Å². The number of rotatable bonds is 2. The molecule has 0 spiro atoms. The normalized spacial score (nSPS) is 28.4. The first kappa shape index (κ1) is 11.1. The van der Waals surface area contributed by atoms with Crippen molar-refractivity contribution in [2.24, 2.45) is 10.7 Å². The molecule has 0 amide bonds. The van der Waals surface area contributed by atoms with Crippen LogP contribution in [0.4, 0.5) is 0 Å². The van der Waals surface area contributed by atoms with E-state index in [0.29, 0.717) is 12.0 Å². The van der Waals surface area contributed by atoms with E-state index in [9.17, 15) is 0 Å². The molecule has 1 atom stereocenters. The highest BCUT2D eigenvalue weighted by atomic mass is 79.9. The highest BCUT2D eigenvalue weighted by Crippen LogP contribution is 2.43. The second-order valence-corrected chi connectivity index (χ2v) is 5.88. The van der Waals surface area contributed by atoms with Gasteiger partial charge >= 0.3 is 0 Å². The van der Waals surface area contributed by atoms with Crippen molar-refractivity contribution in [2.75, 3.05) is 6.54 Å². The van der Waals surface area contributed by atoms with E-state index in [-0.39, 0.29) is 5.54 Å². The molecule has 1 aromatic rings. The molecule has 0 bridgehead atoms. The number of halogens is 1. The van der Waals surface area contributed by atoms with Gasteiger partial charge in [0.05, 0.1) is 12.1 Å². The van der Waals surface area contributed by atoms with Gasteiger partial charge in [0.1, 0.15) is 0 Å². The maximum atomic E-state index is 6.04. The molecule has 1 aromatic carbocycles. The highest BCUT2D eigenvalue weighted by molar-refractivity contribution is 9.10. The summed E-state index contributed by atoms with van der Waals surface area (Å²) in [5.41, 5.74) is 7.23. The summed E-state index contributed by atoms with van der Waals surface area (Å²) in [6.45, 7) is 2.98. The summed E-state index contributed by atoms with van der Waals surface area (Å²) < 4.78 is 1.14. The molecule has 2 aliphatic rings. The zero-order valence-corrected chi connectivity index (χ0v) is 11.4. The van der Waals surface area contributed by atoms with Crippen LogP contribution in [0.15, 0.2) is 33.7 Å². The van der Waals surface area contributed by atoms with Gasteiger partial charge in [-0.05, 0) is 31.4 Å². The van der Waals surface area contributed by atoms with Gasteiger partial charge in [-0.15, -0.1) is 0 Å². The molecular weight excluding hydrogens is 278 g/mol. The SMILES string of the molecule is CC1(c2ccccc2Br)CN=C(N)N1C1CC1. The number of nitrogens with zero attached hydrogens (tertiary/aromatic N) is 2. The molecule has 1 unspecified atom stereocenters. The summed E-state index contributed by atoms with van der Waals surface area (Å²) in [6.07, 6.45) is 2.46. The summed E-state index contributed by atoms with van der Waals surface area (Å²) in [6, 6.07) is 8.94. The minimum atomic E-state index is -0.0919. The highest BCUT2D eigenvalue weighted by Gasteiger charge is 2.47. The molecule has 1 heterocycles. The van der Waals surface area contributed by atoms with Crippen molar-refractivity contribution in [1.29, 1.82) is 0 Å².